The summed E-state index contributed by atoms with van der Waals surface area (Å²) in [5.74, 6) is 3.23. The first-order valence-corrected chi connectivity index (χ1v) is 6.80. The second kappa shape index (κ2) is 4.18. The molecule has 0 radical (unpaired) electrons. The maximum atomic E-state index is 10.7. The zero-order chi connectivity index (χ0) is 11.9. The van der Waals surface area contributed by atoms with Crippen LogP contribution in [0, 0.1) is 29.6 Å². The average Bonchev–Trinajstić information content (AvgIpc) is 2.19. The first kappa shape index (κ1) is 12.2. The second-order valence-corrected chi connectivity index (χ2v) is 6.49. The molecule has 1 heteroatoms. The molecule has 0 saturated heterocycles. The molecule has 1 nitrogen and oxygen atoms in total. The van der Waals surface area contributed by atoms with Crippen molar-refractivity contribution < 1.29 is 5.11 Å². The van der Waals surface area contributed by atoms with Gasteiger partial charge < -0.3 is 5.11 Å². The van der Waals surface area contributed by atoms with Gasteiger partial charge in [0.1, 0.15) is 0 Å². The van der Waals surface area contributed by atoms with E-state index in [1.54, 1.807) is 0 Å². The predicted octanol–water partition coefficient (Wildman–Crippen LogP) is 3.63. The van der Waals surface area contributed by atoms with Gasteiger partial charge in [-0.25, -0.2) is 0 Å². The van der Waals surface area contributed by atoms with Crippen LogP contribution in [-0.2, 0) is 0 Å². The zero-order valence-corrected chi connectivity index (χ0v) is 10.9. The van der Waals surface area contributed by atoms with Gasteiger partial charge in [0.15, 0.2) is 0 Å². The fourth-order valence-corrected chi connectivity index (χ4v) is 4.28. The van der Waals surface area contributed by atoms with E-state index in [1.165, 1.54) is 19.3 Å². The van der Waals surface area contributed by atoms with Gasteiger partial charge in [0.25, 0.3) is 0 Å². The van der Waals surface area contributed by atoms with Crippen molar-refractivity contribution in [3.63, 3.8) is 0 Å². The Morgan fingerprint density at radius 1 is 1.31 bits per heavy atom. The lowest BCUT2D eigenvalue weighted by molar-refractivity contribution is -0.144. The number of aliphatic hydroxyl groups is 1. The van der Waals surface area contributed by atoms with E-state index in [9.17, 15) is 5.11 Å². The number of allylic oxidation sites excluding steroid dienone is 1. The minimum atomic E-state index is -0.459. The van der Waals surface area contributed by atoms with Gasteiger partial charge >= 0.3 is 0 Å². The highest BCUT2D eigenvalue weighted by Gasteiger charge is 2.51. The lowest BCUT2D eigenvalue weighted by Crippen LogP contribution is -2.54. The van der Waals surface area contributed by atoms with Crippen LogP contribution in [-0.4, -0.2) is 10.7 Å². The summed E-state index contributed by atoms with van der Waals surface area (Å²) in [6.07, 6.45) is 6.89. The third-order valence-electron chi connectivity index (χ3n) is 5.33. The molecule has 2 saturated carbocycles. The normalized spacial score (nSPS) is 52.4. The quantitative estimate of drug-likeness (QED) is 0.707. The van der Waals surface area contributed by atoms with Crippen molar-refractivity contribution in [2.75, 3.05) is 0 Å². The van der Waals surface area contributed by atoms with Gasteiger partial charge in [0.2, 0.25) is 0 Å². The van der Waals surface area contributed by atoms with Crippen LogP contribution in [0.2, 0.25) is 0 Å². The first-order chi connectivity index (χ1) is 7.46. The van der Waals surface area contributed by atoms with Crippen molar-refractivity contribution in [1.82, 2.24) is 0 Å². The fourth-order valence-electron chi connectivity index (χ4n) is 4.28. The Kier molecular flexibility index (Phi) is 3.18. The Labute approximate surface area is 99.9 Å². The molecule has 92 valence electrons. The van der Waals surface area contributed by atoms with E-state index in [2.05, 4.69) is 27.4 Å². The van der Waals surface area contributed by atoms with Gasteiger partial charge in [0.05, 0.1) is 5.60 Å². The molecule has 0 amide bonds. The minimum absolute atomic E-state index is 0.455. The molecule has 0 aromatic heterocycles. The smallest absolute Gasteiger partial charge is 0.0676 e. The molecule has 0 aromatic rings. The van der Waals surface area contributed by atoms with Crippen molar-refractivity contribution in [3.05, 3.63) is 12.7 Å². The van der Waals surface area contributed by atoms with E-state index >= 15 is 0 Å². The van der Waals surface area contributed by atoms with Crippen LogP contribution in [0.5, 0.6) is 0 Å². The third-order valence-corrected chi connectivity index (χ3v) is 5.33. The highest BCUT2D eigenvalue weighted by Crippen LogP contribution is 2.54. The maximum Gasteiger partial charge on any atom is 0.0676 e. The lowest BCUT2D eigenvalue weighted by atomic mass is 9.53. The van der Waals surface area contributed by atoms with Crippen LogP contribution in [0.4, 0.5) is 0 Å². The molecule has 6 atom stereocenters. The highest BCUT2D eigenvalue weighted by atomic mass is 16.3. The Hall–Kier alpha value is -0.300. The Bertz CT molecular complexity index is 269. The number of fused-ring (bicyclic) bond motifs is 2. The zero-order valence-electron chi connectivity index (χ0n) is 10.9. The van der Waals surface area contributed by atoms with E-state index < -0.39 is 5.60 Å². The molecular weight excluding hydrogens is 196 g/mol. The van der Waals surface area contributed by atoms with Gasteiger partial charge in [-0.3, -0.25) is 0 Å². The maximum absolute atomic E-state index is 10.7. The summed E-state index contributed by atoms with van der Waals surface area (Å²) >= 11 is 0. The molecule has 2 bridgehead atoms. The molecule has 2 rings (SSSR count). The lowest BCUT2D eigenvalue weighted by Gasteiger charge is -2.55. The van der Waals surface area contributed by atoms with Crippen molar-refractivity contribution in [2.45, 2.75) is 52.1 Å². The topological polar surface area (TPSA) is 20.2 Å². The monoisotopic (exact) mass is 222 g/mol. The van der Waals surface area contributed by atoms with E-state index in [0.717, 1.165) is 18.3 Å². The van der Waals surface area contributed by atoms with E-state index in [-0.39, 0.29) is 0 Å². The molecule has 0 heterocycles. The number of hydrogen-bond donors (Lipinski definition) is 1. The summed E-state index contributed by atoms with van der Waals surface area (Å²) in [7, 11) is 0. The predicted molar refractivity (Wildman–Crippen MR) is 68.1 cm³/mol. The largest absolute Gasteiger partial charge is 0.390 e. The summed E-state index contributed by atoms with van der Waals surface area (Å²) in [4.78, 5) is 0. The SMILES string of the molecule is C=CCC1C2CC(C)CC1C(C)(O)C(C)C2. The van der Waals surface area contributed by atoms with E-state index in [4.69, 9.17) is 0 Å². The summed E-state index contributed by atoms with van der Waals surface area (Å²) < 4.78 is 0. The molecule has 0 spiro atoms. The first-order valence-electron chi connectivity index (χ1n) is 6.80. The van der Waals surface area contributed by atoms with Crippen LogP contribution in [0.3, 0.4) is 0 Å². The van der Waals surface area contributed by atoms with Crippen molar-refractivity contribution in [3.8, 4) is 0 Å². The molecule has 0 aromatic carbocycles. The summed E-state index contributed by atoms with van der Waals surface area (Å²) in [5, 5.41) is 10.7. The molecular formula is C15H26O. The Morgan fingerprint density at radius 2 is 2.00 bits per heavy atom. The van der Waals surface area contributed by atoms with Crippen LogP contribution < -0.4 is 0 Å². The van der Waals surface area contributed by atoms with Gasteiger partial charge in [-0.05, 0) is 62.2 Å². The third kappa shape index (κ3) is 1.84. The van der Waals surface area contributed by atoms with Gasteiger partial charge in [0, 0.05) is 0 Å². The number of rotatable bonds is 2. The Balaban J connectivity index is 2.26. The summed E-state index contributed by atoms with van der Waals surface area (Å²) in [5.41, 5.74) is -0.459. The van der Waals surface area contributed by atoms with Crippen LogP contribution in [0.25, 0.3) is 0 Å². The molecule has 2 fully saturated rings. The van der Waals surface area contributed by atoms with Gasteiger partial charge in [-0.1, -0.05) is 19.9 Å². The minimum Gasteiger partial charge on any atom is -0.390 e. The van der Waals surface area contributed by atoms with Crippen molar-refractivity contribution in [2.24, 2.45) is 29.6 Å². The second-order valence-electron chi connectivity index (χ2n) is 6.49. The molecule has 0 aliphatic heterocycles. The molecule has 2 aliphatic rings. The van der Waals surface area contributed by atoms with Crippen LogP contribution in [0.1, 0.15) is 46.5 Å². The average molecular weight is 222 g/mol. The highest BCUT2D eigenvalue weighted by molar-refractivity contribution is 5.03. The standard InChI is InChI=1S/C15H26O/c1-5-6-13-12-7-10(2)8-14(13)15(4,16)11(3)9-12/h5,10-14,16H,1,6-9H2,2-4H3. The van der Waals surface area contributed by atoms with Crippen molar-refractivity contribution in [1.29, 1.82) is 0 Å². The number of hydrogen-bond acceptors (Lipinski definition) is 1. The fraction of sp³-hybridized carbons (Fsp3) is 0.867. The summed E-state index contributed by atoms with van der Waals surface area (Å²) in [6, 6.07) is 0. The van der Waals surface area contributed by atoms with Gasteiger partial charge in [-0.15, -0.1) is 6.58 Å². The van der Waals surface area contributed by atoms with Crippen LogP contribution in [0.15, 0.2) is 12.7 Å². The molecule has 16 heavy (non-hydrogen) atoms. The van der Waals surface area contributed by atoms with E-state index in [1.807, 2.05) is 6.08 Å². The van der Waals surface area contributed by atoms with E-state index in [0.29, 0.717) is 17.8 Å². The summed E-state index contributed by atoms with van der Waals surface area (Å²) in [6.45, 7) is 10.5. The van der Waals surface area contributed by atoms with Crippen LogP contribution >= 0.6 is 0 Å². The molecule has 1 N–H and O–H groups in total. The molecule has 2 aliphatic carbocycles. The van der Waals surface area contributed by atoms with Crippen molar-refractivity contribution >= 4 is 0 Å². The van der Waals surface area contributed by atoms with Gasteiger partial charge in [-0.2, -0.15) is 0 Å². The molecule has 6 unspecified atom stereocenters. The Morgan fingerprint density at radius 3 is 2.62 bits per heavy atom.